The lowest BCUT2D eigenvalue weighted by Gasteiger charge is -2.31. The number of nitrogens with zero attached hydrogens (tertiary/aromatic N) is 4. The summed E-state index contributed by atoms with van der Waals surface area (Å²) in [4.78, 5) is 0. The van der Waals surface area contributed by atoms with Crippen molar-refractivity contribution in [1.29, 1.82) is 0 Å². The molecule has 1 N–H and O–H groups in total. The summed E-state index contributed by atoms with van der Waals surface area (Å²) in [6.07, 6.45) is 0.636. The third-order valence-electron chi connectivity index (χ3n) is 3.99. The summed E-state index contributed by atoms with van der Waals surface area (Å²) in [5.74, 6) is 0. The second-order valence-electron chi connectivity index (χ2n) is 5.02. The van der Waals surface area contributed by atoms with Gasteiger partial charge in [0, 0.05) is 50.4 Å². The fraction of sp³-hybridized carbons (Fsp3) is 0.769. The highest BCUT2D eigenvalue weighted by Gasteiger charge is 2.33. The lowest BCUT2D eigenvalue weighted by atomic mass is 10.1. The molecule has 1 aliphatic rings. The van der Waals surface area contributed by atoms with E-state index in [1.165, 1.54) is 8.61 Å². The van der Waals surface area contributed by atoms with Gasteiger partial charge >= 0.3 is 0 Å². The molecular weight excluding hydrogens is 292 g/mol. The fourth-order valence-electron chi connectivity index (χ4n) is 2.84. The first-order chi connectivity index (χ1) is 9.99. The smallest absolute Gasteiger partial charge is 0.282 e. The van der Waals surface area contributed by atoms with Crippen LogP contribution < -0.4 is 0 Å². The Morgan fingerprint density at radius 2 is 1.95 bits per heavy atom. The average molecular weight is 316 g/mol. The van der Waals surface area contributed by atoms with E-state index in [-0.39, 0.29) is 6.61 Å². The summed E-state index contributed by atoms with van der Waals surface area (Å²) >= 11 is 0. The van der Waals surface area contributed by atoms with Crippen LogP contribution in [-0.2, 0) is 36.3 Å². The normalized spacial score (nSPS) is 16.4. The Morgan fingerprint density at radius 3 is 2.48 bits per heavy atom. The molecule has 0 radical (unpaired) electrons. The van der Waals surface area contributed by atoms with Gasteiger partial charge in [0.1, 0.15) is 0 Å². The highest BCUT2D eigenvalue weighted by molar-refractivity contribution is 7.86. The molecule has 0 unspecified atom stereocenters. The van der Waals surface area contributed by atoms with Crippen LogP contribution in [-0.4, -0.2) is 51.5 Å². The van der Waals surface area contributed by atoms with Crippen LogP contribution in [0.4, 0.5) is 0 Å². The number of hydrogen-bond acceptors (Lipinski definition) is 4. The Labute approximate surface area is 126 Å². The van der Waals surface area contributed by atoms with Crippen molar-refractivity contribution in [2.75, 3.05) is 19.6 Å². The van der Waals surface area contributed by atoms with E-state index in [1.807, 2.05) is 25.5 Å². The summed E-state index contributed by atoms with van der Waals surface area (Å²) < 4.78 is 30.0. The molecule has 0 amide bonds. The van der Waals surface area contributed by atoms with E-state index in [2.05, 4.69) is 5.10 Å². The van der Waals surface area contributed by atoms with Gasteiger partial charge in [-0.1, -0.05) is 13.8 Å². The summed E-state index contributed by atoms with van der Waals surface area (Å²) in [6.45, 7) is 7.92. The third-order valence-corrected chi connectivity index (χ3v) is 6.12. The number of aliphatic hydroxyl groups excluding tert-OH is 1. The van der Waals surface area contributed by atoms with Crippen molar-refractivity contribution in [1.82, 2.24) is 18.4 Å². The van der Waals surface area contributed by atoms with Crippen molar-refractivity contribution >= 4 is 10.2 Å². The molecule has 0 spiro atoms. The van der Waals surface area contributed by atoms with Gasteiger partial charge in [0.05, 0.1) is 12.3 Å². The van der Waals surface area contributed by atoms with Gasteiger partial charge in [-0.05, 0) is 6.92 Å². The van der Waals surface area contributed by atoms with E-state index in [1.54, 1.807) is 0 Å². The summed E-state index contributed by atoms with van der Waals surface area (Å²) in [5.41, 5.74) is 2.50. The molecule has 21 heavy (non-hydrogen) atoms. The minimum atomic E-state index is -3.44. The van der Waals surface area contributed by atoms with Gasteiger partial charge < -0.3 is 5.11 Å². The molecule has 120 valence electrons. The molecule has 2 rings (SSSR count). The van der Waals surface area contributed by atoms with Gasteiger partial charge in [0.25, 0.3) is 10.2 Å². The molecule has 1 aliphatic heterocycles. The first kappa shape index (κ1) is 16.4. The number of rotatable bonds is 6. The zero-order valence-corrected chi connectivity index (χ0v) is 13.7. The molecule has 0 aromatic carbocycles. The van der Waals surface area contributed by atoms with Crippen molar-refractivity contribution in [3.63, 3.8) is 0 Å². The maximum Gasteiger partial charge on any atom is 0.282 e. The Kier molecular flexibility index (Phi) is 5.03. The van der Waals surface area contributed by atoms with E-state index >= 15 is 0 Å². The van der Waals surface area contributed by atoms with Crippen LogP contribution in [0.1, 0.15) is 37.7 Å². The number of hydrogen-bond donors (Lipinski definition) is 1. The molecule has 0 aliphatic carbocycles. The average Bonchev–Trinajstić information content (AvgIpc) is 2.85. The zero-order valence-electron chi connectivity index (χ0n) is 12.9. The molecule has 0 atom stereocenters. The molecule has 0 saturated carbocycles. The van der Waals surface area contributed by atoms with Crippen molar-refractivity contribution in [2.24, 2.45) is 0 Å². The predicted molar refractivity (Wildman–Crippen MR) is 79.8 cm³/mol. The van der Waals surface area contributed by atoms with Crippen LogP contribution in [0.3, 0.4) is 0 Å². The third kappa shape index (κ3) is 2.85. The van der Waals surface area contributed by atoms with Crippen LogP contribution in [0.2, 0.25) is 0 Å². The van der Waals surface area contributed by atoms with Crippen LogP contribution >= 0.6 is 0 Å². The highest BCUT2D eigenvalue weighted by atomic mass is 32.2. The number of aromatic nitrogens is 2. The van der Waals surface area contributed by atoms with E-state index in [9.17, 15) is 13.5 Å². The van der Waals surface area contributed by atoms with E-state index in [4.69, 9.17) is 0 Å². The first-order valence-corrected chi connectivity index (χ1v) is 8.82. The highest BCUT2D eigenvalue weighted by Crippen LogP contribution is 2.25. The predicted octanol–water partition coefficient (Wildman–Crippen LogP) is 0.340. The van der Waals surface area contributed by atoms with E-state index < -0.39 is 10.2 Å². The lowest BCUT2D eigenvalue weighted by molar-refractivity contribution is 0.271. The van der Waals surface area contributed by atoms with E-state index in [0.29, 0.717) is 38.3 Å². The zero-order chi connectivity index (χ0) is 15.6. The standard InChI is InChI=1S/C13H24N4O3S/c1-4-15(5-2)21(19,20)16-8-7-13-11(9-16)12(10-18)14-17(13)6-3/h18H,4-10H2,1-3H3. The summed E-state index contributed by atoms with van der Waals surface area (Å²) in [6, 6.07) is 0. The SMILES string of the molecule is CCN(CC)S(=O)(=O)N1CCc2c(c(CO)nn2CC)C1. The minimum Gasteiger partial charge on any atom is -0.390 e. The van der Waals surface area contributed by atoms with Gasteiger partial charge in [-0.3, -0.25) is 4.68 Å². The summed E-state index contributed by atoms with van der Waals surface area (Å²) in [5, 5.41) is 13.8. The van der Waals surface area contributed by atoms with Crippen LogP contribution in [0, 0.1) is 0 Å². The van der Waals surface area contributed by atoms with Crippen LogP contribution in [0.5, 0.6) is 0 Å². The fourth-order valence-corrected chi connectivity index (χ4v) is 4.43. The largest absolute Gasteiger partial charge is 0.390 e. The molecular formula is C13H24N4O3S. The van der Waals surface area contributed by atoms with E-state index in [0.717, 1.165) is 17.8 Å². The van der Waals surface area contributed by atoms with Crippen LogP contribution in [0.15, 0.2) is 0 Å². The van der Waals surface area contributed by atoms with Gasteiger partial charge in [0.2, 0.25) is 0 Å². The van der Waals surface area contributed by atoms with Gasteiger partial charge in [-0.15, -0.1) is 0 Å². The second kappa shape index (κ2) is 6.43. The second-order valence-corrected chi connectivity index (χ2v) is 6.95. The van der Waals surface area contributed by atoms with Crippen molar-refractivity contribution < 1.29 is 13.5 Å². The molecule has 1 aromatic heterocycles. The molecule has 0 fully saturated rings. The monoisotopic (exact) mass is 316 g/mol. The summed E-state index contributed by atoms with van der Waals surface area (Å²) in [7, 11) is -3.44. The van der Waals surface area contributed by atoms with Gasteiger partial charge in [-0.2, -0.15) is 22.1 Å². The van der Waals surface area contributed by atoms with Crippen LogP contribution in [0.25, 0.3) is 0 Å². The molecule has 0 bridgehead atoms. The van der Waals surface area contributed by atoms with Crippen molar-refractivity contribution in [3.8, 4) is 0 Å². The number of fused-ring (bicyclic) bond motifs is 1. The van der Waals surface area contributed by atoms with Gasteiger partial charge in [0.15, 0.2) is 0 Å². The van der Waals surface area contributed by atoms with Crippen molar-refractivity contribution in [2.45, 2.75) is 46.9 Å². The first-order valence-electron chi connectivity index (χ1n) is 7.43. The minimum absolute atomic E-state index is 0.158. The number of aliphatic hydroxyl groups is 1. The maximum atomic E-state index is 12.6. The van der Waals surface area contributed by atoms with Gasteiger partial charge in [-0.25, -0.2) is 0 Å². The Bertz CT molecular complexity index is 593. The molecule has 2 heterocycles. The Hall–Kier alpha value is -0.960. The molecule has 8 heteroatoms. The lowest BCUT2D eigenvalue weighted by Crippen LogP contribution is -2.45. The maximum absolute atomic E-state index is 12.6. The molecule has 7 nitrogen and oxygen atoms in total. The van der Waals surface area contributed by atoms with Crippen molar-refractivity contribution in [3.05, 3.63) is 17.0 Å². The Morgan fingerprint density at radius 1 is 1.29 bits per heavy atom. The molecule has 1 aromatic rings. The molecule has 0 saturated heterocycles. The quantitative estimate of drug-likeness (QED) is 0.821. The number of aryl methyl sites for hydroxylation is 1. The topological polar surface area (TPSA) is 78.7 Å². The Balaban J connectivity index is 2.33.